The Morgan fingerprint density at radius 3 is 2.50 bits per heavy atom. The minimum absolute atomic E-state index is 0.0906. The molecule has 1 aromatic rings. The molecule has 1 atom stereocenters. The van der Waals surface area contributed by atoms with Gasteiger partial charge in [0, 0.05) is 7.11 Å². The molecule has 3 nitrogen and oxygen atoms in total. The molecule has 0 radical (unpaired) electrons. The van der Waals surface area contributed by atoms with Crippen molar-refractivity contribution < 1.29 is 14.6 Å². The second-order valence-corrected chi connectivity index (χ2v) is 5.00. The second kappa shape index (κ2) is 7.17. The quantitative estimate of drug-likeness (QED) is 0.807. The van der Waals surface area contributed by atoms with Crippen molar-refractivity contribution in [1.29, 1.82) is 0 Å². The van der Waals surface area contributed by atoms with Gasteiger partial charge >= 0.3 is 5.97 Å². The Bertz CT molecular complexity index is 385. The van der Waals surface area contributed by atoms with E-state index in [-0.39, 0.29) is 6.10 Å². The fraction of sp³-hybridized carbons (Fsp3) is 0.533. The summed E-state index contributed by atoms with van der Waals surface area (Å²) in [4.78, 5) is 11.1. The van der Waals surface area contributed by atoms with E-state index in [0.717, 1.165) is 18.4 Å². The molecule has 3 heteroatoms. The van der Waals surface area contributed by atoms with Crippen molar-refractivity contribution in [3.8, 4) is 0 Å². The van der Waals surface area contributed by atoms with Crippen LogP contribution in [-0.2, 0) is 11.2 Å². The summed E-state index contributed by atoms with van der Waals surface area (Å²) in [5, 5.41) is 9.13. The first-order valence-corrected chi connectivity index (χ1v) is 6.38. The van der Waals surface area contributed by atoms with E-state index >= 15 is 0 Å². The Kier molecular flexibility index (Phi) is 5.86. The topological polar surface area (TPSA) is 46.5 Å². The highest BCUT2D eigenvalue weighted by atomic mass is 16.5. The van der Waals surface area contributed by atoms with Gasteiger partial charge in [-0.3, -0.25) is 0 Å². The average Bonchev–Trinajstić information content (AvgIpc) is 2.34. The predicted octanol–water partition coefficient (Wildman–Crippen LogP) is 3.38. The molecule has 0 heterocycles. The zero-order chi connectivity index (χ0) is 13.5. The van der Waals surface area contributed by atoms with Gasteiger partial charge < -0.3 is 9.84 Å². The molecule has 0 amide bonds. The number of hydrogen-bond donors (Lipinski definition) is 1. The predicted molar refractivity (Wildman–Crippen MR) is 72.0 cm³/mol. The number of rotatable bonds is 7. The minimum atomic E-state index is -0.871. The molecule has 0 aliphatic rings. The lowest BCUT2D eigenvalue weighted by Crippen LogP contribution is -2.17. The summed E-state index contributed by atoms with van der Waals surface area (Å²) in [6.45, 7) is 4.36. The molecule has 0 saturated carbocycles. The van der Waals surface area contributed by atoms with E-state index in [1.54, 1.807) is 19.2 Å². The molecule has 0 fully saturated rings. The maximum absolute atomic E-state index is 11.1. The van der Waals surface area contributed by atoms with Crippen molar-refractivity contribution in [2.45, 2.75) is 39.2 Å². The van der Waals surface area contributed by atoms with Crippen molar-refractivity contribution >= 4 is 5.97 Å². The Balaban J connectivity index is 2.72. The van der Waals surface area contributed by atoms with Gasteiger partial charge in [0.1, 0.15) is 0 Å². The van der Waals surface area contributed by atoms with Crippen LogP contribution in [0.2, 0.25) is 0 Å². The van der Waals surface area contributed by atoms with Gasteiger partial charge in [-0.05, 0) is 36.8 Å². The number of ether oxygens (including phenoxy) is 1. The standard InChI is InChI=1S/C15H22O3/c1-11(2)8-9-13(18-3)10-12-6-4-5-7-14(12)15(16)17/h4-7,11,13H,8-10H2,1-3H3,(H,16,17). The summed E-state index contributed by atoms with van der Waals surface area (Å²) < 4.78 is 5.45. The fourth-order valence-corrected chi connectivity index (χ4v) is 1.97. The van der Waals surface area contributed by atoms with Crippen molar-refractivity contribution in [3.05, 3.63) is 35.4 Å². The normalized spacial score (nSPS) is 12.7. The van der Waals surface area contributed by atoms with Gasteiger partial charge in [0.25, 0.3) is 0 Å². The number of hydrogen-bond acceptors (Lipinski definition) is 2. The molecule has 0 aliphatic carbocycles. The number of benzene rings is 1. The van der Waals surface area contributed by atoms with Crippen LogP contribution in [-0.4, -0.2) is 24.3 Å². The third kappa shape index (κ3) is 4.49. The average molecular weight is 250 g/mol. The third-order valence-corrected chi connectivity index (χ3v) is 3.09. The summed E-state index contributed by atoms with van der Waals surface area (Å²) >= 11 is 0. The van der Waals surface area contributed by atoms with Crippen LogP contribution in [0.15, 0.2) is 24.3 Å². The van der Waals surface area contributed by atoms with Crippen LogP contribution in [0.1, 0.15) is 42.6 Å². The SMILES string of the molecule is COC(CCC(C)C)Cc1ccccc1C(=O)O. The zero-order valence-electron chi connectivity index (χ0n) is 11.3. The molecule has 0 aromatic heterocycles. The fourth-order valence-electron chi connectivity index (χ4n) is 1.97. The number of carboxylic acids is 1. The number of aromatic carboxylic acids is 1. The maximum Gasteiger partial charge on any atom is 0.335 e. The summed E-state index contributed by atoms with van der Waals surface area (Å²) in [6, 6.07) is 7.14. The summed E-state index contributed by atoms with van der Waals surface area (Å²) in [5.41, 5.74) is 1.23. The number of carboxylic acid groups (broad SMARTS) is 1. The molecule has 18 heavy (non-hydrogen) atoms. The number of carbonyl (C=O) groups is 1. The smallest absolute Gasteiger partial charge is 0.335 e. The van der Waals surface area contributed by atoms with Gasteiger partial charge in [0.05, 0.1) is 11.7 Å². The van der Waals surface area contributed by atoms with E-state index < -0.39 is 5.97 Å². The summed E-state index contributed by atoms with van der Waals surface area (Å²) in [7, 11) is 1.69. The largest absolute Gasteiger partial charge is 0.478 e. The van der Waals surface area contributed by atoms with E-state index in [4.69, 9.17) is 9.84 Å². The van der Waals surface area contributed by atoms with Crippen LogP contribution in [0, 0.1) is 5.92 Å². The van der Waals surface area contributed by atoms with Crippen LogP contribution >= 0.6 is 0 Å². The van der Waals surface area contributed by atoms with Crippen LogP contribution in [0.25, 0.3) is 0 Å². The first kappa shape index (κ1) is 14.7. The highest BCUT2D eigenvalue weighted by Gasteiger charge is 2.14. The highest BCUT2D eigenvalue weighted by molar-refractivity contribution is 5.89. The first-order chi connectivity index (χ1) is 8.54. The van der Waals surface area contributed by atoms with Gasteiger partial charge in [-0.2, -0.15) is 0 Å². The van der Waals surface area contributed by atoms with E-state index in [9.17, 15) is 4.79 Å². The van der Waals surface area contributed by atoms with Crippen LogP contribution in [0.3, 0.4) is 0 Å². The molecule has 1 unspecified atom stereocenters. The van der Waals surface area contributed by atoms with Crippen molar-refractivity contribution in [2.75, 3.05) is 7.11 Å². The maximum atomic E-state index is 11.1. The van der Waals surface area contributed by atoms with E-state index in [1.165, 1.54) is 0 Å². The third-order valence-electron chi connectivity index (χ3n) is 3.09. The second-order valence-electron chi connectivity index (χ2n) is 5.00. The first-order valence-electron chi connectivity index (χ1n) is 6.38. The molecule has 100 valence electrons. The van der Waals surface area contributed by atoms with Crippen LogP contribution < -0.4 is 0 Å². The van der Waals surface area contributed by atoms with Crippen molar-refractivity contribution in [1.82, 2.24) is 0 Å². The van der Waals surface area contributed by atoms with E-state index in [0.29, 0.717) is 17.9 Å². The Hall–Kier alpha value is -1.35. The monoisotopic (exact) mass is 250 g/mol. The van der Waals surface area contributed by atoms with E-state index in [2.05, 4.69) is 13.8 Å². The van der Waals surface area contributed by atoms with Crippen LogP contribution in [0.5, 0.6) is 0 Å². The van der Waals surface area contributed by atoms with E-state index in [1.807, 2.05) is 12.1 Å². The van der Waals surface area contributed by atoms with Gasteiger partial charge in [0.2, 0.25) is 0 Å². The van der Waals surface area contributed by atoms with Crippen molar-refractivity contribution in [3.63, 3.8) is 0 Å². The molecule has 0 saturated heterocycles. The van der Waals surface area contributed by atoms with Crippen molar-refractivity contribution in [2.24, 2.45) is 5.92 Å². The molecule has 0 aliphatic heterocycles. The zero-order valence-corrected chi connectivity index (χ0v) is 11.3. The summed E-state index contributed by atoms with van der Waals surface area (Å²) in [6.07, 6.45) is 2.80. The lowest BCUT2D eigenvalue weighted by atomic mass is 9.97. The van der Waals surface area contributed by atoms with Gasteiger partial charge in [-0.15, -0.1) is 0 Å². The Labute approximate surface area is 109 Å². The minimum Gasteiger partial charge on any atom is -0.478 e. The molecule has 1 rings (SSSR count). The Morgan fingerprint density at radius 1 is 1.28 bits per heavy atom. The molecular weight excluding hydrogens is 228 g/mol. The number of methoxy groups -OCH3 is 1. The van der Waals surface area contributed by atoms with Gasteiger partial charge in [-0.1, -0.05) is 32.0 Å². The summed E-state index contributed by atoms with van der Waals surface area (Å²) in [5.74, 6) is -0.235. The molecule has 1 N–H and O–H groups in total. The van der Waals surface area contributed by atoms with Gasteiger partial charge in [0.15, 0.2) is 0 Å². The Morgan fingerprint density at radius 2 is 1.94 bits per heavy atom. The molecule has 0 bridgehead atoms. The lowest BCUT2D eigenvalue weighted by molar-refractivity contribution is 0.0690. The lowest BCUT2D eigenvalue weighted by Gasteiger charge is -2.17. The molecular formula is C15H22O3. The van der Waals surface area contributed by atoms with Crippen LogP contribution in [0.4, 0.5) is 0 Å². The highest BCUT2D eigenvalue weighted by Crippen LogP contribution is 2.17. The molecule has 1 aromatic carbocycles. The molecule has 0 spiro atoms. The van der Waals surface area contributed by atoms with Gasteiger partial charge in [-0.25, -0.2) is 4.79 Å².